The maximum atomic E-state index is 8.89. The molecule has 0 bridgehead atoms. The smallest absolute Gasteiger partial charge is 0.229 e. The van der Waals surface area contributed by atoms with E-state index in [1.165, 1.54) is 24.7 Å². The summed E-state index contributed by atoms with van der Waals surface area (Å²) in [5.74, 6) is 0.662. The van der Waals surface area contributed by atoms with E-state index in [0.717, 1.165) is 29.4 Å². The number of nitrogens with zero attached hydrogens (tertiary/aromatic N) is 3. The lowest BCUT2D eigenvalue weighted by Gasteiger charge is -2.13. The Morgan fingerprint density at radius 2 is 2.14 bits per heavy atom. The number of fused-ring (bicyclic) bond motifs is 4. The van der Waals surface area contributed by atoms with E-state index in [1.807, 2.05) is 0 Å². The summed E-state index contributed by atoms with van der Waals surface area (Å²) in [4.78, 5) is 13.3. The Balaban J connectivity index is 1.84. The molecule has 0 saturated carbocycles. The van der Waals surface area contributed by atoms with Gasteiger partial charge in [-0.2, -0.15) is 0 Å². The molecule has 0 amide bonds. The maximum absolute atomic E-state index is 8.89. The van der Waals surface area contributed by atoms with Crippen molar-refractivity contribution in [2.75, 3.05) is 18.5 Å². The van der Waals surface area contributed by atoms with Crippen LogP contribution in [0.5, 0.6) is 0 Å². The summed E-state index contributed by atoms with van der Waals surface area (Å²) in [6, 6.07) is 2.17. The Labute approximate surface area is 127 Å². The standard InChI is InChI=1S/C16H18N4O2/c21-7-3-6-17-15-14-13(18-9-19-15)11-8-10-4-1-2-5-12(10)20-16(11)22-14/h8-9,21H,1-7H2,(H,17,18,19). The molecule has 0 atom stereocenters. The molecule has 0 aliphatic heterocycles. The van der Waals surface area contributed by atoms with Gasteiger partial charge in [0.15, 0.2) is 11.4 Å². The van der Waals surface area contributed by atoms with Gasteiger partial charge < -0.3 is 14.8 Å². The minimum Gasteiger partial charge on any atom is -0.432 e. The molecule has 6 heteroatoms. The third-order valence-corrected chi connectivity index (χ3v) is 4.15. The van der Waals surface area contributed by atoms with Gasteiger partial charge in [-0.3, -0.25) is 0 Å². The molecule has 6 nitrogen and oxygen atoms in total. The molecule has 2 N–H and O–H groups in total. The zero-order valence-electron chi connectivity index (χ0n) is 12.3. The largest absolute Gasteiger partial charge is 0.432 e. The maximum Gasteiger partial charge on any atom is 0.229 e. The summed E-state index contributed by atoms with van der Waals surface area (Å²) in [5.41, 5.74) is 4.56. The zero-order chi connectivity index (χ0) is 14.9. The second-order valence-corrected chi connectivity index (χ2v) is 5.66. The number of nitrogens with one attached hydrogen (secondary N) is 1. The van der Waals surface area contributed by atoms with Crippen molar-refractivity contribution in [3.05, 3.63) is 23.7 Å². The lowest BCUT2D eigenvalue weighted by Crippen LogP contribution is -2.05. The van der Waals surface area contributed by atoms with Crippen molar-refractivity contribution in [3.63, 3.8) is 0 Å². The van der Waals surface area contributed by atoms with Gasteiger partial charge in [0.1, 0.15) is 11.8 Å². The summed E-state index contributed by atoms with van der Waals surface area (Å²) in [7, 11) is 0. The Bertz CT molecular complexity index is 828. The van der Waals surface area contributed by atoms with Crippen LogP contribution in [0.2, 0.25) is 0 Å². The molecule has 1 aliphatic carbocycles. The Morgan fingerprint density at radius 3 is 3.05 bits per heavy atom. The fourth-order valence-electron chi connectivity index (χ4n) is 3.03. The molecule has 0 saturated heterocycles. The van der Waals surface area contributed by atoms with Crippen LogP contribution < -0.4 is 5.32 Å². The molecule has 0 aromatic carbocycles. The van der Waals surface area contributed by atoms with E-state index in [2.05, 4.69) is 26.3 Å². The molecule has 22 heavy (non-hydrogen) atoms. The minimum atomic E-state index is 0.148. The zero-order valence-corrected chi connectivity index (χ0v) is 12.3. The second kappa shape index (κ2) is 5.53. The molecule has 4 rings (SSSR count). The van der Waals surface area contributed by atoms with Crippen LogP contribution in [0.25, 0.3) is 22.2 Å². The highest BCUT2D eigenvalue weighted by Gasteiger charge is 2.18. The third kappa shape index (κ3) is 2.20. The van der Waals surface area contributed by atoms with Gasteiger partial charge in [0.2, 0.25) is 5.71 Å². The average molecular weight is 298 g/mol. The van der Waals surface area contributed by atoms with Gasteiger partial charge in [-0.1, -0.05) is 0 Å². The van der Waals surface area contributed by atoms with Crippen molar-refractivity contribution in [1.29, 1.82) is 0 Å². The van der Waals surface area contributed by atoms with Crippen LogP contribution in [0, 0.1) is 0 Å². The molecule has 3 aromatic heterocycles. The summed E-state index contributed by atoms with van der Waals surface area (Å²) in [6.07, 6.45) is 6.72. The van der Waals surface area contributed by atoms with Gasteiger partial charge in [-0.15, -0.1) is 0 Å². The lowest BCUT2D eigenvalue weighted by molar-refractivity contribution is 0.292. The number of aromatic nitrogens is 3. The van der Waals surface area contributed by atoms with E-state index >= 15 is 0 Å². The van der Waals surface area contributed by atoms with Gasteiger partial charge in [0.25, 0.3) is 0 Å². The highest BCUT2D eigenvalue weighted by Crippen LogP contribution is 2.32. The molecule has 3 aromatic rings. The molecule has 0 unspecified atom stereocenters. The normalized spacial score (nSPS) is 14.4. The van der Waals surface area contributed by atoms with Crippen LogP contribution in [-0.4, -0.2) is 33.2 Å². The summed E-state index contributed by atoms with van der Waals surface area (Å²) >= 11 is 0. The fourth-order valence-corrected chi connectivity index (χ4v) is 3.03. The number of aliphatic hydroxyl groups excluding tert-OH is 1. The minimum absolute atomic E-state index is 0.148. The fraction of sp³-hybridized carbons (Fsp3) is 0.438. The van der Waals surface area contributed by atoms with Gasteiger partial charge >= 0.3 is 0 Å². The second-order valence-electron chi connectivity index (χ2n) is 5.66. The first-order valence-electron chi connectivity index (χ1n) is 7.77. The molecule has 1 aliphatic rings. The van der Waals surface area contributed by atoms with Crippen molar-refractivity contribution in [1.82, 2.24) is 15.0 Å². The van der Waals surface area contributed by atoms with Crippen molar-refractivity contribution in [2.24, 2.45) is 0 Å². The van der Waals surface area contributed by atoms with Crippen molar-refractivity contribution in [3.8, 4) is 0 Å². The SMILES string of the molecule is OCCCNc1ncnc2c1oc1nc3c(cc12)CCCC3. The van der Waals surface area contributed by atoms with Crippen molar-refractivity contribution < 1.29 is 9.52 Å². The molecule has 0 fully saturated rings. The molecule has 3 heterocycles. The van der Waals surface area contributed by atoms with Crippen molar-refractivity contribution >= 4 is 28.0 Å². The van der Waals surface area contributed by atoms with E-state index in [-0.39, 0.29) is 6.61 Å². The van der Waals surface area contributed by atoms with E-state index in [1.54, 1.807) is 0 Å². The molecule has 114 valence electrons. The predicted molar refractivity (Wildman–Crippen MR) is 83.9 cm³/mol. The predicted octanol–water partition coefficient (Wildman–Crippen LogP) is 2.44. The van der Waals surface area contributed by atoms with Crippen LogP contribution in [-0.2, 0) is 12.8 Å². The van der Waals surface area contributed by atoms with Gasteiger partial charge in [0.05, 0.1) is 5.39 Å². The van der Waals surface area contributed by atoms with E-state index in [0.29, 0.717) is 30.1 Å². The first kappa shape index (κ1) is 13.5. The first-order valence-corrected chi connectivity index (χ1v) is 7.77. The first-order chi connectivity index (χ1) is 10.9. The van der Waals surface area contributed by atoms with Crippen LogP contribution in [0.3, 0.4) is 0 Å². The number of rotatable bonds is 4. The van der Waals surface area contributed by atoms with E-state index in [9.17, 15) is 0 Å². The Hall–Kier alpha value is -2.21. The number of furan rings is 1. The third-order valence-electron chi connectivity index (χ3n) is 4.15. The van der Waals surface area contributed by atoms with E-state index in [4.69, 9.17) is 9.52 Å². The quantitative estimate of drug-likeness (QED) is 0.720. The number of anilines is 1. The van der Waals surface area contributed by atoms with E-state index < -0.39 is 0 Å². The van der Waals surface area contributed by atoms with Crippen LogP contribution in [0.15, 0.2) is 16.8 Å². The topological polar surface area (TPSA) is 84.1 Å². The molecule has 0 spiro atoms. The van der Waals surface area contributed by atoms with Crippen LogP contribution in [0.1, 0.15) is 30.5 Å². The number of hydrogen-bond acceptors (Lipinski definition) is 6. The summed E-state index contributed by atoms with van der Waals surface area (Å²) in [5, 5.41) is 13.0. The Kier molecular flexibility index (Phi) is 3.38. The van der Waals surface area contributed by atoms with Gasteiger partial charge in [-0.05, 0) is 43.7 Å². The lowest BCUT2D eigenvalue weighted by atomic mass is 9.95. The van der Waals surface area contributed by atoms with Gasteiger partial charge in [-0.25, -0.2) is 15.0 Å². The number of pyridine rings is 1. The summed E-state index contributed by atoms with van der Waals surface area (Å²) < 4.78 is 5.92. The van der Waals surface area contributed by atoms with Crippen LogP contribution >= 0.6 is 0 Å². The Morgan fingerprint density at radius 1 is 1.23 bits per heavy atom. The van der Waals surface area contributed by atoms with Crippen LogP contribution in [0.4, 0.5) is 5.82 Å². The molecular weight excluding hydrogens is 280 g/mol. The number of hydrogen-bond donors (Lipinski definition) is 2. The van der Waals surface area contributed by atoms with Crippen molar-refractivity contribution in [2.45, 2.75) is 32.1 Å². The highest BCUT2D eigenvalue weighted by molar-refractivity contribution is 6.04. The van der Waals surface area contributed by atoms with Gasteiger partial charge in [0, 0.05) is 18.8 Å². The number of aryl methyl sites for hydroxylation is 2. The average Bonchev–Trinajstić information content (AvgIpc) is 2.91. The summed E-state index contributed by atoms with van der Waals surface area (Å²) in [6.45, 7) is 0.791. The molecular formula is C16H18N4O2. The highest BCUT2D eigenvalue weighted by atomic mass is 16.3. The monoisotopic (exact) mass is 298 g/mol. The number of aliphatic hydroxyl groups is 1. The molecule has 0 radical (unpaired) electrons.